The van der Waals surface area contributed by atoms with Gasteiger partial charge in [-0.25, -0.2) is 14.7 Å². The van der Waals surface area contributed by atoms with Crippen LogP contribution >= 0.6 is 23.5 Å². The van der Waals surface area contributed by atoms with E-state index in [2.05, 4.69) is 15.5 Å². The normalized spacial score (nSPS) is 18.9. The highest BCUT2D eigenvalue weighted by molar-refractivity contribution is 8.01. The molecule has 0 aliphatic carbocycles. The summed E-state index contributed by atoms with van der Waals surface area (Å²) in [6, 6.07) is 8.46. The van der Waals surface area contributed by atoms with Gasteiger partial charge < -0.3 is 20.9 Å². The Morgan fingerprint density at radius 2 is 2.05 bits per heavy atom. The summed E-state index contributed by atoms with van der Waals surface area (Å²) in [6.07, 6.45) is 1.57. The molecule has 0 saturated carbocycles. The van der Waals surface area contributed by atoms with Crippen LogP contribution in [0.5, 0.6) is 0 Å². The number of hydrogen-bond acceptors (Lipinski definition) is 10. The highest BCUT2D eigenvalue weighted by Gasteiger charge is 2.54. The van der Waals surface area contributed by atoms with Gasteiger partial charge in [-0.2, -0.15) is 5.10 Å². The number of fused-ring (bicyclic) bond motifs is 1. The van der Waals surface area contributed by atoms with Gasteiger partial charge in [0.1, 0.15) is 22.1 Å². The van der Waals surface area contributed by atoms with Crippen molar-refractivity contribution in [1.29, 1.82) is 0 Å². The number of carbonyl (C=O) groups is 4. The van der Waals surface area contributed by atoms with Crippen molar-refractivity contribution in [2.45, 2.75) is 42.1 Å². The van der Waals surface area contributed by atoms with Crippen LogP contribution in [0, 0.1) is 0 Å². The van der Waals surface area contributed by atoms with Crippen LogP contribution in [-0.4, -0.2) is 80.0 Å². The van der Waals surface area contributed by atoms with Crippen LogP contribution in [0.15, 0.2) is 57.5 Å². The van der Waals surface area contributed by atoms with Crippen molar-refractivity contribution in [3.8, 4) is 0 Å². The first kappa shape index (κ1) is 29.4. The molecule has 212 valence electrons. The Balaban J connectivity index is 1.47. The van der Waals surface area contributed by atoms with Crippen LogP contribution < -0.4 is 16.6 Å². The molecule has 1 saturated heterocycles. The Morgan fingerprint density at radius 3 is 2.73 bits per heavy atom. The SMILES string of the molecule is CCCCOC(=O)c1ccccc1C(CN)C(=O)NC1C(=O)N2C(C(=O)O)=C(CSc3ccc(=O)[nH]n3)CS[C@H]12. The number of aromatic amines is 1. The van der Waals surface area contributed by atoms with Crippen molar-refractivity contribution in [3.63, 3.8) is 0 Å². The molecule has 40 heavy (non-hydrogen) atoms. The fourth-order valence-electron chi connectivity index (χ4n) is 4.37. The number of nitrogens with zero attached hydrogens (tertiary/aromatic N) is 2. The molecule has 1 fully saturated rings. The molecule has 2 aromatic rings. The molecule has 0 spiro atoms. The van der Waals surface area contributed by atoms with Crippen molar-refractivity contribution in [2.75, 3.05) is 24.7 Å². The van der Waals surface area contributed by atoms with Crippen LogP contribution in [0.1, 0.15) is 41.6 Å². The number of carbonyl (C=O) groups excluding carboxylic acids is 3. The number of aliphatic carboxylic acids is 1. The summed E-state index contributed by atoms with van der Waals surface area (Å²) < 4.78 is 5.32. The average molecular weight is 588 g/mol. The summed E-state index contributed by atoms with van der Waals surface area (Å²) in [4.78, 5) is 63.6. The number of H-pyrrole nitrogens is 1. The largest absolute Gasteiger partial charge is 0.477 e. The number of carboxylic acids is 1. The van der Waals surface area contributed by atoms with E-state index in [9.17, 15) is 29.1 Å². The maximum atomic E-state index is 13.3. The number of hydrogen-bond donors (Lipinski definition) is 4. The van der Waals surface area contributed by atoms with Crippen molar-refractivity contribution in [3.05, 3.63) is 69.1 Å². The molecular weight excluding hydrogens is 558 g/mol. The number of aromatic nitrogens is 2. The van der Waals surface area contributed by atoms with Gasteiger partial charge in [-0.15, -0.1) is 23.5 Å². The maximum absolute atomic E-state index is 13.3. The van der Waals surface area contributed by atoms with Gasteiger partial charge in [0.2, 0.25) is 5.91 Å². The number of ether oxygens (including phenoxy) is 1. The predicted molar refractivity (Wildman–Crippen MR) is 149 cm³/mol. The minimum atomic E-state index is -1.25. The number of esters is 1. The standard InChI is InChI=1S/C26H29N5O7S2/c1-2-3-10-38-26(37)16-7-5-4-6-15(16)17(11-27)22(33)28-20-23(34)31-21(25(35)36)14(13-40-24(20)31)12-39-19-9-8-18(32)29-30-19/h4-9,17,20,24H,2-3,10-13,27H2,1H3,(H,28,33)(H,29,32)(H,35,36)/t17?,20?,24-/m1/s1. The average Bonchev–Trinajstić information content (AvgIpc) is 2.95. The Kier molecular flexibility index (Phi) is 9.66. The third-order valence-electron chi connectivity index (χ3n) is 6.43. The third-order valence-corrected chi connectivity index (χ3v) is 8.79. The van der Waals surface area contributed by atoms with Crippen molar-refractivity contribution in [1.82, 2.24) is 20.4 Å². The topological polar surface area (TPSA) is 185 Å². The van der Waals surface area contributed by atoms with E-state index in [1.165, 1.54) is 40.6 Å². The van der Waals surface area contributed by atoms with Crippen LogP contribution in [-0.2, 0) is 19.1 Å². The molecule has 0 bridgehead atoms. The zero-order valence-corrected chi connectivity index (χ0v) is 23.3. The minimum absolute atomic E-state index is 0.117. The lowest BCUT2D eigenvalue weighted by molar-refractivity contribution is -0.150. The Morgan fingerprint density at radius 1 is 1.27 bits per heavy atom. The molecule has 5 N–H and O–H groups in total. The summed E-state index contributed by atoms with van der Waals surface area (Å²) in [5, 5.41) is 18.8. The van der Waals surface area contributed by atoms with E-state index in [0.29, 0.717) is 28.3 Å². The smallest absolute Gasteiger partial charge is 0.352 e. The van der Waals surface area contributed by atoms with Gasteiger partial charge in [0.05, 0.1) is 18.1 Å². The van der Waals surface area contributed by atoms with E-state index >= 15 is 0 Å². The number of unbranched alkanes of at least 4 members (excludes halogenated alkanes) is 1. The lowest BCUT2D eigenvalue weighted by Crippen LogP contribution is -2.71. The van der Waals surface area contributed by atoms with Crippen molar-refractivity contribution in [2.24, 2.45) is 5.73 Å². The lowest BCUT2D eigenvalue weighted by Gasteiger charge is -2.49. The van der Waals surface area contributed by atoms with Crippen LogP contribution in [0.2, 0.25) is 0 Å². The highest BCUT2D eigenvalue weighted by atomic mass is 32.2. The van der Waals surface area contributed by atoms with Gasteiger partial charge in [0, 0.05) is 24.1 Å². The van der Waals surface area contributed by atoms with Gasteiger partial charge in [-0.3, -0.25) is 19.3 Å². The molecule has 1 aromatic carbocycles. The van der Waals surface area contributed by atoms with E-state index in [-0.39, 0.29) is 35.7 Å². The third kappa shape index (κ3) is 6.24. The molecule has 1 aromatic heterocycles. The van der Waals surface area contributed by atoms with Crippen LogP contribution in [0.3, 0.4) is 0 Å². The Hall–Kier alpha value is -3.62. The molecule has 2 unspecified atom stereocenters. The number of nitrogens with one attached hydrogen (secondary N) is 2. The Labute approximate surface area is 238 Å². The monoisotopic (exact) mass is 587 g/mol. The highest BCUT2D eigenvalue weighted by Crippen LogP contribution is 2.41. The molecule has 2 amide bonds. The summed E-state index contributed by atoms with van der Waals surface area (Å²) in [6.45, 7) is 2.12. The molecule has 2 aliphatic rings. The van der Waals surface area contributed by atoms with Gasteiger partial charge >= 0.3 is 11.9 Å². The zero-order valence-electron chi connectivity index (χ0n) is 21.6. The second-order valence-corrected chi connectivity index (χ2v) is 11.2. The molecule has 3 heterocycles. The molecule has 2 aliphatic heterocycles. The molecular formula is C26H29N5O7S2. The van der Waals surface area contributed by atoms with E-state index in [1.54, 1.807) is 24.3 Å². The number of amides is 2. The molecule has 0 radical (unpaired) electrons. The first-order chi connectivity index (χ1) is 19.3. The van der Waals surface area contributed by atoms with Crippen LogP contribution in [0.25, 0.3) is 0 Å². The number of benzene rings is 1. The molecule has 3 atom stereocenters. The second-order valence-electron chi connectivity index (χ2n) is 9.07. The lowest BCUT2D eigenvalue weighted by atomic mass is 9.92. The summed E-state index contributed by atoms with van der Waals surface area (Å²) in [5.41, 5.74) is 6.62. The summed E-state index contributed by atoms with van der Waals surface area (Å²) >= 11 is 2.58. The number of β-lactam (4-membered cyclic amide) rings is 1. The summed E-state index contributed by atoms with van der Waals surface area (Å²) in [5.74, 6) is -3.23. The first-order valence-corrected chi connectivity index (χ1v) is 14.6. The van der Waals surface area contributed by atoms with E-state index in [0.717, 1.165) is 6.42 Å². The van der Waals surface area contributed by atoms with E-state index < -0.39 is 41.1 Å². The quantitative estimate of drug-likeness (QED) is 0.121. The molecule has 14 heteroatoms. The number of carboxylic acid groups (broad SMARTS) is 1. The van der Waals surface area contributed by atoms with Crippen molar-refractivity contribution < 1.29 is 29.0 Å². The number of rotatable bonds is 12. The Bertz CT molecular complexity index is 1370. The van der Waals surface area contributed by atoms with Crippen LogP contribution in [0.4, 0.5) is 0 Å². The van der Waals surface area contributed by atoms with Gasteiger partial charge in [-0.1, -0.05) is 31.5 Å². The molecule has 12 nitrogen and oxygen atoms in total. The minimum Gasteiger partial charge on any atom is -0.477 e. The van der Waals surface area contributed by atoms with Gasteiger partial charge in [-0.05, 0) is 29.7 Å². The van der Waals surface area contributed by atoms with Crippen molar-refractivity contribution >= 4 is 47.3 Å². The second kappa shape index (κ2) is 13.2. The zero-order chi connectivity index (χ0) is 28.8. The number of thioether (sulfide) groups is 2. The predicted octanol–water partition coefficient (Wildman–Crippen LogP) is 1.30. The fourth-order valence-corrected chi connectivity index (χ4v) is 6.68. The van der Waals surface area contributed by atoms with E-state index in [1.807, 2.05) is 6.92 Å². The first-order valence-electron chi connectivity index (χ1n) is 12.6. The maximum Gasteiger partial charge on any atom is 0.352 e. The van der Waals surface area contributed by atoms with E-state index in [4.69, 9.17) is 10.5 Å². The number of nitrogens with two attached hydrogens (primary N) is 1. The molecule has 4 rings (SSSR count). The van der Waals surface area contributed by atoms with Gasteiger partial charge in [0.25, 0.3) is 11.5 Å². The fraction of sp³-hybridized carbons (Fsp3) is 0.385. The summed E-state index contributed by atoms with van der Waals surface area (Å²) in [7, 11) is 0. The van der Waals surface area contributed by atoms with Gasteiger partial charge in [0.15, 0.2) is 0 Å².